The Hall–Kier alpha value is -2.18. The number of nitrogens with zero attached hydrogens (tertiary/aromatic N) is 1. The number of primary amides is 1. The van der Waals surface area contributed by atoms with Crippen molar-refractivity contribution < 1.29 is 14.4 Å². The molecule has 0 bridgehead atoms. The molecule has 7 heteroatoms. The van der Waals surface area contributed by atoms with Crippen LogP contribution < -0.4 is 10.6 Å². The van der Waals surface area contributed by atoms with Gasteiger partial charge in [0.1, 0.15) is 5.92 Å². The summed E-state index contributed by atoms with van der Waals surface area (Å²) in [5.41, 5.74) is 5.97. The molecule has 0 fully saturated rings. The Morgan fingerprint density at radius 3 is 2.67 bits per heavy atom. The summed E-state index contributed by atoms with van der Waals surface area (Å²) in [6.07, 6.45) is 0. The summed E-state index contributed by atoms with van der Waals surface area (Å²) in [5.74, 6) is -2.08. The smallest absolute Gasteiger partial charge is 0.326 e. The molecule has 106 valence electrons. The number of hydrogen-bond acceptors (Lipinski definition) is 4. The van der Waals surface area contributed by atoms with Crippen LogP contribution in [0, 0.1) is 0 Å². The summed E-state index contributed by atoms with van der Waals surface area (Å²) in [6.45, 7) is 0. The van der Waals surface area contributed by atoms with Crippen LogP contribution in [0.15, 0.2) is 35.7 Å². The van der Waals surface area contributed by atoms with Gasteiger partial charge in [0.05, 0.1) is 10.6 Å². The van der Waals surface area contributed by atoms with E-state index in [-0.39, 0.29) is 5.78 Å². The highest BCUT2D eigenvalue weighted by Crippen LogP contribution is 2.40. The van der Waals surface area contributed by atoms with E-state index in [2.05, 4.69) is 0 Å². The number of urea groups is 1. The zero-order valence-corrected chi connectivity index (χ0v) is 12.1. The van der Waals surface area contributed by atoms with Crippen LogP contribution in [-0.2, 0) is 4.79 Å². The van der Waals surface area contributed by atoms with E-state index in [1.807, 2.05) is 0 Å². The normalized spacial score (nSPS) is 16.9. The Bertz CT molecular complexity index is 758. The average molecular weight is 321 g/mol. The first-order valence-corrected chi connectivity index (χ1v) is 7.27. The third kappa shape index (κ3) is 2.12. The van der Waals surface area contributed by atoms with Crippen molar-refractivity contribution in [3.8, 4) is 0 Å². The van der Waals surface area contributed by atoms with E-state index < -0.39 is 17.9 Å². The van der Waals surface area contributed by atoms with Crippen LogP contribution in [-0.4, -0.2) is 17.7 Å². The van der Waals surface area contributed by atoms with Crippen LogP contribution in [0.4, 0.5) is 10.5 Å². The summed E-state index contributed by atoms with van der Waals surface area (Å²) in [7, 11) is 0. The summed E-state index contributed by atoms with van der Waals surface area (Å²) in [4.78, 5) is 37.7. The number of nitrogens with two attached hydrogens (primary N) is 1. The molecule has 1 aliphatic rings. The van der Waals surface area contributed by atoms with E-state index in [1.165, 1.54) is 23.5 Å². The van der Waals surface area contributed by atoms with Crippen molar-refractivity contribution in [2.75, 3.05) is 4.90 Å². The topological polar surface area (TPSA) is 80.5 Å². The molecule has 0 saturated carbocycles. The van der Waals surface area contributed by atoms with Crippen LogP contribution in [0.2, 0.25) is 5.02 Å². The molecular formula is C14H9ClN2O3S. The maximum atomic E-state index is 12.5. The van der Waals surface area contributed by atoms with Crippen LogP contribution in [0.1, 0.15) is 21.2 Å². The number of Topliss-reactive ketones (excluding diaryl/α,β-unsaturated/α-hetero) is 1. The standard InChI is InChI=1S/C14H9ClN2O3S/c15-7-3-4-9-8(6-7)11(13(19)17(9)14(16)20)12(18)10-2-1-5-21-10/h1-6,11H,(H2,16,20). The Labute approximate surface area is 128 Å². The fraction of sp³-hybridized carbons (Fsp3) is 0.0714. The third-order valence-corrected chi connectivity index (χ3v) is 4.37. The predicted molar refractivity (Wildman–Crippen MR) is 79.9 cm³/mol. The van der Waals surface area contributed by atoms with Crippen molar-refractivity contribution in [3.05, 3.63) is 51.2 Å². The van der Waals surface area contributed by atoms with Gasteiger partial charge >= 0.3 is 6.03 Å². The van der Waals surface area contributed by atoms with Crippen LogP contribution in [0.5, 0.6) is 0 Å². The highest BCUT2D eigenvalue weighted by Gasteiger charge is 2.44. The first-order valence-electron chi connectivity index (χ1n) is 6.01. The van der Waals surface area contributed by atoms with Gasteiger partial charge in [-0.05, 0) is 35.2 Å². The number of benzene rings is 1. The van der Waals surface area contributed by atoms with Gasteiger partial charge in [-0.1, -0.05) is 17.7 Å². The predicted octanol–water partition coefficient (Wildman–Crippen LogP) is 2.79. The van der Waals surface area contributed by atoms with E-state index in [9.17, 15) is 14.4 Å². The van der Waals surface area contributed by atoms with E-state index in [1.54, 1.807) is 23.6 Å². The number of anilines is 1. The van der Waals surface area contributed by atoms with Crippen molar-refractivity contribution in [2.45, 2.75) is 5.92 Å². The van der Waals surface area contributed by atoms with E-state index in [4.69, 9.17) is 17.3 Å². The lowest BCUT2D eigenvalue weighted by Crippen LogP contribution is -2.40. The minimum absolute atomic E-state index is 0.312. The van der Waals surface area contributed by atoms with Gasteiger partial charge in [0.25, 0.3) is 5.91 Å². The van der Waals surface area contributed by atoms with E-state index in [0.717, 1.165) is 4.90 Å². The molecule has 21 heavy (non-hydrogen) atoms. The second-order valence-electron chi connectivity index (χ2n) is 4.49. The summed E-state index contributed by atoms with van der Waals surface area (Å²) in [5, 5.41) is 2.13. The zero-order valence-electron chi connectivity index (χ0n) is 10.6. The molecular weight excluding hydrogens is 312 g/mol. The molecule has 0 radical (unpaired) electrons. The molecule has 1 aromatic carbocycles. The number of thiophene rings is 1. The Kier molecular flexibility index (Phi) is 3.27. The molecule has 1 atom stereocenters. The van der Waals surface area contributed by atoms with Crippen molar-refractivity contribution in [1.82, 2.24) is 0 Å². The van der Waals surface area contributed by atoms with Crippen LogP contribution in [0.25, 0.3) is 0 Å². The summed E-state index contributed by atoms with van der Waals surface area (Å²) >= 11 is 7.18. The zero-order chi connectivity index (χ0) is 15.1. The Morgan fingerprint density at radius 1 is 1.29 bits per heavy atom. The number of hydrogen-bond donors (Lipinski definition) is 1. The molecule has 1 aromatic heterocycles. The van der Waals surface area contributed by atoms with Crippen LogP contribution >= 0.6 is 22.9 Å². The highest BCUT2D eigenvalue weighted by molar-refractivity contribution is 7.12. The van der Waals surface area contributed by atoms with Crippen molar-refractivity contribution >= 4 is 46.3 Å². The van der Waals surface area contributed by atoms with Gasteiger partial charge in [-0.2, -0.15) is 0 Å². The molecule has 1 aliphatic heterocycles. The lowest BCUT2D eigenvalue weighted by atomic mass is 9.95. The van der Waals surface area contributed by atoms with Gasteiger partial charge in [-0.25, -0.2) is 9.69 Å². The highest BCUT2D eigenvalue weighted by atomic mass is 35.5. The molecule has 5 nitrogen and oxygen atoms in total. The number of carbonyl (C=O) groups is 3. The average Bonchev–Trinajstić information content (AvgIpc) is 3.03. The lowest BCUT2D eigenvalue weighted by molar-refractivity contribution is -0.117. The molecule has 2 heterocycles. The van der Waals surface area contributed by atoms with Gasteiger partial charge in [0, 0.05) is 5.02 Å². The Balaban J connectivity index is 2.14. The molecule has 1 unspecified atom stereocenters. The largest absolute Gasteiger partial charge is 0.351 e. The number of ketones is 1. The molecule has 0 aliphatic carbocycles. The third-order valence-electron chi connectivity index (χ3n) is 3.26. The van der Waals surface area contributed by atoms with Gasteiger partial charge in [0.2, 0.25) is 0 Å². The van der Waals surface area contributed by atoms with E-state index >= 15 is 0 Å². The summed E-state index contributed by atoms with van der Waals surface area (Å²) in [6, 6.07) is 7.03. The lowest BCUT2D eigenvalue weighted by Gasteiger charge is -2.12. The number of imide groups is 1. The summed E-state index contributed by atoms with van der Waals surface area (Å²) < 4.78 is 0. The first-order chi connectivity index (χ1) is 10.0. The van der Waals surface area contributed by atoms with Gasteiger partial charge in [0.15, 0.2) is 5.78 Å². The SMILES string of the molecule is NC(=O)N1C(=O)C(C(=O)c2cccs2)c2cc(Cl)ccc21. The first kappa shape index (κ1) is 13.8. The second-order valence-corrected chi connectivity index (χ2v) is 5.87. The fourth-order valence-electron chi connectivity index (χ4n) is 2.38. The van der Waals surface area contributed by atoms with Crippen molar-refractivity contribution in [1.29, 1.82) is 0 Å². The fourth-order valence-corrected chi connectivity index (χ4v) is 3.26. The second kappa shape index (κ2) is 4.98. The molecule has 3 rings (SSSR count). The molecule has 2 aromatic rings. The maximum absolute atomic E-state index is 12.5. The molecule has 3 amide bonds. The molecule has 0 saturated heterocycles. The minimum atomic E-state index is -1.08. The molecule has 2 N–H and O–H groups in total. The number of halogens is 1. The van der Waals surface area contributed by atoms with Gasteiger partial charge in [-0.3, -0.25) is 9.59 Å². The van der Waals surface area contributed by atoms with E-state index in [0.29, 0.717) is 21.2 Å². The van der Waals surface area contributed by atoms with Gasteiger partial charge < -0.3 is 5.73 Å². The quantitative estimate of drug-likeness (QED) is 0.682. The number of rotatable bonds is 2. The number of carbonyl (C=O) groups excluding carboxylic acids is 3. The van der Waals surface area contributed by atoms with Crippen LogP contribution in [0.3, 0.4) is 0 Å². The van der Waals surface area contributed by atoms with Crippen molar-refractivity contribution in [3.63, 3.8) is 0 Å². The maximum Gasteiger partial charge on any atom is 0.326 e. The minimum Gasteiger partial charge on any atom is -0.351 e. The van der Waals surface area contributed by atoms with Gasteiger partial charge in [-0.15, -0.1) is 11.3 Å². The van der Waals surface area contributed by atoms with Crippen molar-refractivity contribution in [2.24, 2.45) is 5.73 Å². The molecule has 0 spiro atoms. The number of amides is 3. The monoisotopic (exact) mass is 320 g/mol. The Morgan fingerprint density at radius 2 is 2.05 bits per heavy atom. The number of fused-ring (bicyclic) bond motifs is 1.